The van der Waals surface area contributed by atoms with Crippen LogP contribution < -0.4 is 11.3 Å². The molecule has 0 radical (unpaired) electrons. The first-order chi connectivity index (χ1) is 7.66. The SMILES string of the molecule is Cc1ccnn1CCn1cc(N)ccc1=O. The van der Waals surface area contributed by atoms with Gasteiger partial charge in [0.2, 0.25) is 0 Å². The van der Waals surface area contributed by atoms with E-state index in [1.807, 2.05) is 17.7 Å². The molecular weight excluding hydrogens is 204 g/mol. The molecule has 0 saturated heterocycles. The number of aromatic nitrogens is 3. The van der Waals surface area contributed by atoms with Gasteiger partial charge in [0, 0.05) is 36.4 Å². The molecule has 84 valence electrons. The Balaban J connectivity index is 2.13. The molecule has 5 nitrogen and oxygen atoms in total. The second-order valence-corrected chi connectivity index (χ2v) is 3.69. The Labute approximate surface area is 93.1 Å². The highest BCUT2D eigenvalue weighted by Crippen LogP contribution is 1.99. The third kappa shape index (κ3) is 2.13. The molecule has 16 heavy (non-hydrogen) atoms. The number of anilines is 1. The number of nitrogen functional groups attached to an aromatic ring is 1. The number of pyridine rings is 1. The standard InChI is InChI=1S/C11H14N4O/c1-9-4-5-13-15(9)7-6-14-8-10(12)2-3-11(14)16/h2-5,8H,6-7,12H2,1H3. The summed E-state index contributed by atoms with van der Waals surface area (Å²) >= 11 is 0. The molecule has 0 spiro atoms. The fourth-order valence-corrected chi connectivity index (χ4v) is 1.56. The maximum Gasteiger partial charge on any atom is 0.250 e. The summed E-state index contributed by atoms with van der Waals surface area (Å²) in [6.45, 7) is 3.23. The Morgan fingerprint density at radius 1 is 1.31 bits per heavy atom. The zero-order valence-electron chi connectivity index (χ0n) is 9.13. The quantitative estimate of drug-likeness (QED) is 0.822. The van der Waals surface area contributed by atoms with Gasteiger partial charge in [0.05, 0.1) is 6.54 Å². The molecule has 0 aromatic carbocycles. The average molecular weight is 218 g/mol. The molecule has 0 bridgehead atoms. The van der Waals surface area contributed by atoms with Crippen LogP contribution in [0.3, 0.4) is 0 Å². The normalized spacial score (nSPS) is 10.6. The summed E-state index contributed by atoms with van der Waals surface area (Å²) in [5.74, 6) is 0. The van der Waals surface area contributed by atoms with Crippen LogP contribution in [-0.2, 0) is 13.1 Å². The van der Waals surface area contributed by atoms with Crippen molar-refractivity contribution in [2.24, 2.45) is 0 Å². The van der Waals surface area contributed by atoms with E-state index in [2.05, 4.69) is 5.10 Å². The summed E-state index contributed by atoms with van der Waals surface area (Å²) in [7, 11) is 0. The van der Waals surface area contributed by atoms with Gasteiger partial charge >= 0.3 is 0 Å². The number of rotatable bonds is 3. The maximum atomic E-state index is 11.5. The van der Waals surface area contributed by atoms with Gasteiger partial charge in [-0.05, 0) is 19.1 Å². The van der Waals surface area contributed by atoms with Crippen molar-refractivity contribution in [3.63, 3.8) is 0 Å². The van der Waals surface area contributed by atoms with Gasteiger partial charge < -0.3 is 10.3 Å². The summed E-state index contributed by atoms with van der Waals surface area (Å²) in [6, 6.07) is 5.02. The van der Waals surface area contributed by atoms with Crippen molar-refractivity contribution in [1.82, 2.24) is 14.3 Å². The van der Waals surface area contributed by atoms with E-state index < -0.39 is 0 Å². The molecule has 0 aliphatic carbocycles. The molecule has 0 amide bonds. The molecule has 2 heterocycles. The van der Waals surface area contributed by atoms with E-state index in [0.717, 1.165) is 5.69 Å². The van der Waals surface area contributed by atoms with Gasteiger partial charge in [-0.15, -0.1) is 0 Å². The minimum Gasteiger partial charge on any atom is -0.398 e. The highest BCUT2D eigenvalue weighted by atomic mass is 16.1. The summed E-state index contributed by atoms with van der Waals surface area (Å²) in [5, 5.41) is 4.15. The maximum absolute atomic E-state index is 11.5. The number of nitrogens with zero attached hydrogens (tertiary/aromatic N) is 3. The Morgan fingerprint density at radius 3 is 2.81 bits per heavy atom. The molecule has 2 N–H and O–H groups in total. The molecule has 0 unspecified atom stereocenters. The van der Waals surface area contributed by atoms with E-state index in [0.29, 0.717) is 18.8 Å². The van der Waals surface area contributed by atoms with E-state index in [1.165, 1.54) is 6.07 Å². The van der Waals surface area contributed by atoms with Crippen molar-refractivity contribution in [3.8, 4) is 0 Å². The molecule has 0 fully saturated rings. The minimum atomic E-state index is -0.0426. The highest BCUT2D eigenvalue weighted by molar-refractivity contribution is 5.33. The summed E-state index contributed by atoms with van der Waals surface area (Å²) < 4.78 is 3.45. The van der Waals surface area contributed by atoms with Crippen LogP contribution in [0.1, 0.15) is 5.69 Å². The molecule has 0 saturated carbocycles. The van der Waals surface area contributed by atoms with Gasteiger partial charge in [-0.2, -0.15) is 5.10 Å². The second-order valence-electron chi connectivity index (χ2n) is 3.69. The molecule has 2 aromatic heterocycles. The molecule has 0 aliphatic heterocycles. The van der Waals surface area contributed by atoms with Crippen LogP contribution in [0.15, 0.2) is 35.4 Å². The van der Waals surface area contributed by atoms with Crippen molar-refractivity contribution in [2.75, 3.05) is 5.73 Å². The van der Waals surface area contributed by atoms with Crippen LogP contribution in [0, 0.1) is 6.92 Å². The van der Waals surface area contributed by atoms with Crippen LogP contribution in [0.5, 0.6) is 0 Å². The number of hydrogen-bond acceptors (Lipinski definition) is 3. The van der Waals surface area contributed by atoms with Crippen LogP contribution in [0.25, 0.3) is 0 Å². The van der Waals surface area contributed by atoms with Crippen molar-refractivity contribution in [2.45, 2.75) is 20.0 Å². The zero-order chi connectivity index (χ0) is 11.5. The molecule has 5 heteroatoms. The Hall–Kier alpha value is -2.04. The lowest BCUT2D eigenvalue weighted by Gasteiger charge is -2.07. The lowest BCUT2D eigenvalue weighted by molar-refractivity contribution is 0.515. The Bertz CT molecular complexity index is 541. The lowest BCUT2D eigenvalue weighted by Crippen LogP contribution is -2.22. The highest BCUT2D eigenvalue weighted by Gasteiger charge is 1.99. The Morgan fingerprint density at radius 2 is 2.12 bits per heavy atom. The van der Waals surface area contributed by atoms with Crippen LogP contribution >= 0.6 is 0 Å². The molecule has 2 aromatic rings. The van der Waals surface area contributed by atoms with Gasteiger partial charge in [0.15, 0.2) is 0 Å². The monoisotopic (exact) mass is 218 g/mol. The molecule has 0 atom stereocenters. The van der Waals surface area contributed by atoms with Gasteiger partial charge in [0.1, 0.15) is 0 Å². The van der Waals surface area contributed by atoms with Crippen molar-refractivity contribution in [3.05, 3.63) is 46.6 Å². The van der Waals surface area contributed by atoms with Gasteiger partial charge in [-0.25, -0.2) is 0 Å². The third-order valence-electron chi connectivity index (χ3n) is 2.49. The van der Waals surface area contributed by atoms with Crippen molar-refractivity contribution < 1.29 is 0 Å². The number of nitrogens with two attached hydrogens (primary N) is 1. The second kappa shape index (κ2) is 4.22. The van der Waals surface area contributed by atoms with Crippen LogP contribution in [0.4, 0.5) is 5.69 Å². The van der Waals surface area contributed by atoms with E-state index >= 15 is 0 Å². The fourth-order valence-electron chi connectivity index (χ4n) is 1.56. The van der Waals surface area contributed by atoms with Gasteiger partial charge in [-0.1, -0.05) is 0 Å². The topological polar surface area (TPSA) is 65.8 Å². The smallest absolute Gasteiger partial charge is 0.250 e. The predicted molar refractivity (Wildman–Crippen MR) is 62.1 cm³/mol. The predicted octanol–water partition coefficient (Wildman–Crippen LogP) is 0.636. The first kappa shape index (κ1) is 10.5. The van der Waals surface area contributed by atoms with Crippen molar-refractivity contribution in [1.29, 1.82) is 0 Å². The fraction of sp³-hybridized carbons (Fsp3) is 0.273. The largest absolute Gasteiger partial charge is 0.398 e. The third-order valence-corrected chi connectivity index (χ3v) is 2.49. The molecule has 2 rings (SSSR count). The summed E-state index contributed by atoms with van der Waals surface area (Å²) in [5.41, 5.74) is 7.26. The van der Waals surface area contributed by atoms with E-state index in [9.17, 15) is 4.79 Å². The minimum absolute atomic E-state index is 0.0426. The number of aryl methyl sites for hydroxylation is 3. The van der Waals surface area contributed by atoms with Gasteiger partial charge in [0.25, 0.3) is 5.56 Å². The molecular formula is C11H14N4O. The van der Waals surface area contributed by atoms with Crippen LogP contribution in [0.2, 0.25) is 0 Å². The Kier molecular flexibility index (Phi) is 2.76. The van der Waals surface area contributed by atoms with E-state index in [4.69, 9.17) is 5.73 Å². The summed E-state index contributed by atoms with van der Waals surface area (Å²) in [6.07, 6.45) is 3.40. The van der Waals surface area contributed by atoms with Crippen molar-refractivity contribution >= 4 is 5.69 Å². The number of hydrogen-bond donors (Lipinski definition) is 1. The summed E-state index contributed by atoms with van der Waals surface area (Å²) in [4.78, 5) is 11.5. The lowest BCUT2D eigenvalue weighted by atomic mass is 10.4. The molecule has 0 aliphatic rings. The van der Waals surface area contributed by atoms with Crippen LogP contribution in [-0.4, -0.2) is 14.3 Å². The average Bonchev–Trinajstić information content (AvgIpc) is 2.66. The first-order valence-electron chi connectivity index (χ1n) is 5.11. The van der Waals surface area contributed by atoms with E-state index in [-0.39, 0.29) is 5.56 Å². The first-order valence-corrected chi connectivity index (χ1v) is 5.11. The van der Waals surface area contributed by atoms with Gasteiger partial charge in [-0.3, -0.25) is 9.48 Å². The van der Waals surface area contributed by atoms with E-state index in [1.54, 1.807) is 23.0 Å². The zero-order valence-corrected chi connectivity index (χ0v) is 9.13.